The average molecular weight is 274 g/mol. The van der Waals surface area contributed by atoms with Crippen molar-refractivity contribution in [2.24, 2.45) is 0 Å². The van der Waals surface area contributed by atoms with Crippen molar-refractivity contribution in [3.8, 4) is 0 Å². The third kappa shape index (κ3) is 3.60. The minimum absolute atomic E-state index is 0.0966. The fraction of sp³-hybridized carbons (Fsp3) is 0.588. The summed E-state index contributed by atoms with van der Waals surface area (Å²) in [7, 11) is 0. The molecule has 1 aromatic carbocycles. The molecule has 2 N–H and O–H groups in total. The predicted octanol–water partition coefficient (Wildman–Crippen LogP) is 2.74. The predicted molar refractivity (Wildman–Crippen MR) is 82.8 cm³/mol. The SMILES string of the molecule is Cc1ccccc1C1CC(NC(C)C(=O)NC(C)C)C1. The van der Waals surface area contributed by atoms with Crippen LogP contribution in [0.15, 0.2) is 24.3 Å². The summed E-state index contributed by atoms with van der Waals surface area (Å²) in [4.78, 5) is 11.9. The molecule has 3 heteroatoms. The third-order valence-corrected chi connectivity index (χ3v) is 4.08. The van der Waals surface area contributed by atoms with Crippen molar-refractivity contribution in [3.05, 3.63) is 35.4 Å². The highest BCUT2D eigenvalue weighted by Crippen LogP contribution is 2.38. The van der Waals surface area contributed by atoms with Crippen LogP contribution in [-0.2, 0) is 4.79 Å². The maximum Gasteiger partial charge on any atom is 0.237 e. The number of amides is 1. The molecule has 0 radical (unpaired) electrons. The van der Waals surface area contributed by atoms with E-state index in [4.69, 9.17) is 0 Å². The fourth-order valence-electron chi connectivity index (χ4n) is 2.89. The van der Waals surface area contributed by atoms with Gasteiger partial charge in [0.1, 0.15) is 0 Å². The first-order valence-electron chi connectivity index (χ1n) is 7.59. The normalized spacial score (nSPS) is 23.2. The summed E-state index contributed by atoms with van der Waals surface area (Å²) in [6.07, 6.45) is 2.26. The van der Waals surface area contributed by atoms with Gasteiger partial charge in [-0.2, -0.15) is 0 Å². The van der Waals surface area contributed by atoms with E-state index in [2.05, 4.69) is 41.8 Å². The van der Waals surface area contributed by atoms with Gasteiger partial charge in [0.15, 0.2) is 0 Å². The molecule has 1 atom stereocenters. The molecule has 1 aromatic rings. The summed E-state index contributed by atoms with van der Waals surface area (Å²) >= 11 is 0. The smallest absolute Gasteiger partial charge is 0.237 e. The quantitative estimate of drug-likeness (QED) is 0.867. The minimum atomic E-state index is -0.111. The summed E-state index contributed by atoms with van der Waals surface area (Å²) in [6.45, 7) is 8.10. The number of carbonyl (C=O) groups is 1. The molecule has 3 nitrogen and oxygen atoms in total. The maximum absolute atomic E-state index is 11.9. The number of nitrogens with one attached hydrogen (secondary N) is 2. The van der Waals surface area contributed by atoms with Crippen LogP contribution in [0.5, 0.6) is 0 Å². The third-order valence-electron chi connectivity index (χ3n) is 4.08. The lowest BCUT2D eigenvalue weighted by Gasteiger charge is -2.38. The van der Waals surface area contributed by atoms with E-state index < -0.39 is 0 Å². The van der Waals surface area contributed by atoms with Gasteiger partial charge in [0.05, 0.1) is 6.04 Å². The first-order chi connectivity index (χ1) is 9.47. The number of aryl methyl sites for hydroxylation is 1. The van der Waals surface area contributed by atoms with Gasteiger partial charge < -0.3 is 10.6 Å². The maximum atomic E-state index is 11.9. The van der Waals surface area contributed by atoms with E-state index in [1.807, 2.05) is 20.8 Å². The first-order valence-corrected chi connectivity index (χ1v) is 7.59. The van der Waals surface area contributed by atoms with E-state index in [-0.39, 0.29) is 18.0 Å². The molecule has 1 aliphatic carbocycles. The van der Waals surface area contributed by atoms with Gasteiger partial charge in [0.2, 0.25) is 5.91 Å². The number of carbonyl (C=O) groups excluding carboxylic acids is 1. The highest BCUT2D eigenvalue weighted by molar-refractivity contribution is 5.81. The second kappa shape index (κ2) is 6.40. The summed E-state index contributed by atoms with van der Waals surface area (Å²) < 4.78 is 0. The van der Waals surface area contributed by atoms with Gasteiger partial charge in [-0.25, -0.2) is 0 Å². The van der Waals surface area contributed by atoms with Crippen molar-refractivity contribution in [2.45, 2.75) is 64.6 Å². The lowest BCUT2D eigenvalue weighted by molar-refractivity contribution is -0.123. The minimum Gasteiger partial charge on any atom is -0.353 e. The second-order valence-electron chi connectivity index (χ2n) is 6.27. The summed E-state index contributed by atoms with van der Waals surface area (Å²) in [6, 6.07) is 9.16. The Balaban J connectivity index is 1.79. The van der Waals surface area contributed by atoms with E-state index in [0.29, 0.717) is 12.0 Å². The zero-order chi connectivity index (χ0) is 14.7. The number of rotatable bonds is 5. The van der Waals surface area contributed by atoms with Crippen molar-refractivity contribution in [2.75, 3.05) is 0 Å². The molecule has 20 heavy (non-hydrogen) atoms. The molecule has 0 aromatic heterocycles. The highest BCUT2D eigenvalue weighted by atomic mass is 16.2. The molecule has 0 saturated heterocycles. The molecule has 1 saturated carbocycles. The zero-order valence-electron chi connectivity index (χ0n) is 12.9. The van der Waals surface area contributed by atoms with Crippen LogP contribution in [-0.4, -0.2) is 24.0 Å². The van der Waals surface area contributed by atoms with Gasteiger partial charge in [0, 0.05) is 12.1 Å². The van der Waals surface area contributed by atoms with Gasteiger partial charge in [-0.05, 0) is 57.6 Å². The van der Waals surface area contributed by atoms with Gasteiger partial charge in [0.25, 0.3) is 0 Å². The lowest BCUT2D eigenvalue weighted by Crippen LogP contribution is -2.51. The lowest BCUT2D eigenvalue weighted by atomic mass is 9.74. The van der Waals surface area contributed by atoms with Crippen LogP contribution in [0.25, 0.3) is 0 Å². The van der Waals surface area contributed by atoms with Crippen LogP contribution in [0.3, 0.4) is 0 Å². The van der Waals surface area contributed by atoms with Crippen LogP contribution in [0.1, 0.15) is 50.7 Å². The van der Waals surface area contributed by atoms with Crippen molar-refractivity contribution in [3.63, 3.8) is 0 Å². The summed E-state index contributed by atoms with van der Waals surface area (Å²) in [5.41, 5.74) is 2.84. The molecule has 110 valence electrons. The molecule has 0 bridgehead atoms. The highest BCUT2D eigenvalue weighted by Gasteiger charge is 2.32. The molecular weight excluding hydrogens is 248 g/mol. The van der Waals surface area contributed by atoms with E-state index in [1.165, 1.54) is 11.1 Å². The fourth-order valence-corrected chi connectivity index (χ4v) is 2.89. The van der Waals surface area contributed by atoms with E-state index in [1.54, 1.807) is 0 Å². The van der Waals surface area contributed by atoms with Crippen LogP contribution < -0.4 is 10.6 Å². The van der Waals surface area contributed by atoms with Gasteiger partial charge in [-0.3, -0.25) is 4.79 Å². The van der Waals surface area contributed by atoms with Crippen LogP contribution in [0.2, 0.25) is 0 Å². The van der Waals surface area contributed by atoms with Gasteiger partial charge in [-0.1, -0.05) is 24.3 Å². The number of hydrogen-bond donors (Lipinski definition) is 2. The molecule has 1 amide bonds. The van der Waals surface area contributed by atoms with Crippen LogP contribution >= 0.6 is 0 Å². The molecule has 0 spiro atoms. The Morgan fingerprint density at radius 2 is 1.85 bits per heavy atom. The Morgan fingerprint density at radius 1 is 1.20 bits per heavy atom. The van der Waals surface area contributed by atoms with Crippen LogP contribution in [0.4, 0.5) is 0 Å². The Labute approximate surface area is 122 Å². The van der Waals surface area contributed by atoms with E-state index in [0.717, 1.165) is 12.8 Å². The molecule has 0 heterocycles. The first kappa shape index (κ1) is 15.0. The average Bonchev–Trinajstić information content (AvgIpc) is 2.33. The Kier molecular flexibility index (Phi) is 4.81. The zero-order valence-corrected chi connectivity index (χ0v) is 12.9. The van der Waals surface area contributed by atoms with E-state index >= 15 is 0 Å². The standard InChI is InChI=1S/C17H26N2O/c1-11(2)18-17(20)13(4)19-15-9-14(10-15)16-8-6-5-7-12(16)3/h5-8,11,13-15,19H,9-10H2,1-4H3,(H,18,20). The number of benzene rings is 1. The monoisotopic (exact) mass is 274 g/mol. The molecule has 0 aliphatic heterocycles. The Bertz CT molecular complexity index is 464. The van der Waals surface area contributed by atoms with E-state index in [9.17, 15) is 4.79 Å². The Morgan fingerprint density at radius 3 is 2.45 bits per heavy atom. The molecule has 2 rings (SSSR count). The topological polar surface area (TPSA) is 41.1 Å². The second-order valence-corrected chi connectivity index (χ2v) is 6.27. The summed E-state index contributed by atoms with van der Waals surface area (Å²) in [5, 5.41) is 6.38. The summed E-state index contributed by atoms with van der Waals surface area (Å²) in [5.74, 6) is 0.744. The molecular formula is C17H26N2O. The van der Waals surface area contributed by atoms with Crippen LogP contribution in [0, 0.1) is 6.92 Å². The Hall–Kier alpha value is -1.35. The molecule has 1 fully saturated rings. The van der Waals surface area contributed by atoms with Gasteiger partial charge >= 0.3 is 0 Å². The van der Waals surface area contributed by atoms with Crippen molar-refractivity contribution < 1.29 is 4.79 Å². The van der Waals surface area contributed by atoms with Gasteiger partial charge in [-0.15, -0.1) is 0 Å². The molecule has 1 unspecified atom stereocenters. The molecule has 1 aliphatic rings. The van der Waals surface area contributed by atoms with Crippen molar-refractivity contribution in [1.29, 1.82) is 0 Å². The number of hydrogen-bond acceptors (Lipinski definition) is 2. The largest absolute Gasteiger partial charge is 0.353 e. The van der Waals surface area contributed by atoms with Crippen molar-refractivity contribution >= 4 is 5.91 Å². The van der Waals surface area contributed by atoms with Crippen molar-refractivity contribution in [1.82, 2.24) is 10.6 Å².